The fourth-order valence-corrected chi connectivity index (χ4v) is 4.38. The summed E-state index contributed by atoms with van der Waals surface area (Å²) < 4.78 is 7.35. The quantitative estimate of drug-likeness (QED) is 0.843. The first kappa shape index (κ1) is 18.2. The van der Waals surface area contributed by atoms with Gasteiger partial charge < -0.3 is 19.1 Å². The van der Waals surface area contributed by atoms with Gasteiger partial charge in [-0.15, -0.1) is 0 Å². The zero-order chi connectivity index (χ0) is 17.8. The lowest BCUT2D eigenvalue weighted by atomic mass is 9.93. The molecular weight excluding hydrogens is 316 g/mol. The molecular formula is C19H32N4O2. The fraction of sp³-hybridized carbons (Fsp3) is 0.789. The molecule has 0 spiro atoms. The Balaban J connectivity index is 1.51. The second-order valence-electron chi connectivity index (χ2n) is 7.43. The summed E-state index contributed by atoms with van der Waals surface area (Å²) in [6.45, 7) is 8.33. The molecule has 6 heteroatoms. The molecule has 0 radical (unpaired) electrons. The van der Waals surface area contributed by atoms with Gasteiger partial charge in [0.15, 0.2) is 0 Å². The maximum atomic E-state index is 11.9. The van der Waals surface area contributed by atoms with Crippen LogP contribution in [0.1, 0.15) is 56.5 Å². The van der Waals surface area contributed by atoms with E-state index < -0.39 is 0 Å². The number of hydrogen-bond acceptors (Lipinski definition) is 4. The van der Waals surface area contributed by atoms with Crippen molar-refractivity contribution in [3.63, 3.8) is 0 Å². The molecule has 2 aliphatic rings. The van der Waals surface area contributed by atoms with Crippen LogP contribution in [-0.2, 0) is 11.8 Å². The third kappa shape index (κ3) is 4.35. The van der Waals surface area contributed by atoms with Crippen LogP contribution in [-0.4, -0.2) is 64.3 Å². The van der Waals surface area contributed by atoms with Crippen molar-refractivity contribution < 1.29 is 9.53 Å². The van der Waals surface area contributed by atoms with Gasteiger partial charge in [-0.25, -0.2) is 9.78 Å². The topological polar surface area (TPSA) is 50.6 Å². The molecule has 25 heavy (non-hydrogen) atoms. The maximum absolute atomic E-state index is 11.9. The lowest BCUT2D eigenvalue weighted by Crippen LogP contribution is -2.42. The molecule has 1 amide bonds. The van der Waals surface area contributed by atoms with E-state index in [1.54, 1.807) is 0 Å². The molecule has 6 nitrogen and oxygen atoms in total. The summed E-state index contributed by atoms with van der Waals surface area (Å²) in [7, 11) is 2.11. The number of ether oxygens (including phenoxy) is 1. The van der Waals surface area contributed by atoms with Crippen LogP contribution in [0.25, 0.3) is 0 Å². The van der Waals surface area contributed by atoms with Crippen molar-refractivity contribution in [3.8, 4) is 0 Å². The van der Waals surface area contributed by atoms with Crippen molar-refractivity contribution in [1.29, 1.82) is 0 Å². The van der Waals surface area contributed by atoms with Gasteiger partial charge in [-0.1, -0.05) is 0 Å². The van der Waals surface area contributed by atoms with E-state index >= 15 is 0 Å². The number of carbonyl (C=O) groups excluding carboxylic acids is 1. The summed E-state index contributed by atoms with van der Waals surface area (Å²) in [6, 6.07) is 0.600. The number of aryl methyl sites for hydroxylation is 2. The Morgan fingerprint density at radius 2 is 1.96 bits per heavy atom. The molecule has 2 saturated heterocycles. The van der Waals surface area contributed by atoms with Gasteiger partial charge in [0.05, 0.1) is 12.3 Å². The average molecular weight is 348 g/mol. The molecule has 0 N–H and O–H groups in total. The van der Waals surface area contributed by atoms with Gasteiger partial charge in [-0.05, 0) is 59.0 Å². The molecule has 0 bridgehead atoms. The van der Waals surface area contributed by atoms with Crippen molar-refractivity contribution in [3.05, 3.63) is 17.7 Å². The van der Waals surface area contributed by atoms with E-state index in [9.17, 15) is 4.79 Å². The number of hydrogen-bond donors (Lipinski definition) is 0. The Labute approximate surface area is 151 Å². The number of nitrogens with zero attached hydrogens (tertiary/aromatic N) is 4. The van der Waals surface area contributed by atoms with Crippen LogP contribution in [0, 0.1) is 6.92 Å². The van der Waals surface area contributed by atoms with Crippen molar-refractivity contribution in [2.75, 3.05) is 32.8 Å². The Hall–Kier alpha value is -1.56. The lowest BCUT2D eigenvalue weighted by molar-refractivity contribution is 0.105. The summed E-state index contributed by atoms with van der Waals surface area (Å²) in [6.07, 6.45) is 7.66. The Bertz CT molecular complexity index is 578. The monoisotopic (exact) mass is 348 g/mol. The molecule has 1 aromatic rings. The van der Waals surface area contributed by atoms with E-state index in [1.165, 1.54) is 25.1 Å². The second kappa shape index (κ2) is 8.21. The standard InChI is InChI=1S/C19H32N4O2/c1-4-25-19(24)23-10-5-6-17(9-13-23)22-11-7-16(8-12-22)18-20-15(2)14-21(18)3/h14,16-17H,4-13H2,1-3H3. The lowest BCUT2D eigenvalue weighted by Gasteiger charge is -2.37. The van der Waals surface area contributed by atoms with E-state index in [2.05, 4.69) is 29.6 Å². The average Bonchev–Trinajstić information content (AvgIpc) is 2.81. The van der Waals surface area contributed by atoms with Gasteiger partial charge in [0.2, 0.25) is 0 Å². The normalized spacial score (nSPS) is 23.5. The first-order chi connectivity index (χ1) is 12.1. The predicted octanol–water partition coefficient (Wildman–Crippen LogP) is 2.92. The van der Waals surface area contributed by atoms with Crippen molar-refractivity contribution in [2.45, 2.75) is 57.9 Å². The summed E-state index contributed by atoms with van der Waals surface area (Å²) in [5.74, 6) is 1.82. The van der Waals surface area contributed by atoms with Crippen LogP contribution in [0.15, 0.2) is 6.20 Å². The van der Waals surface area contributed by atoms with E-state index in [1.807, 2.05) is 11.8 Å². The van der Waals surface area contributed by atoms with Gasteiger partial charge in [0, 0.05) is 38.3 Å². The number of aromatic nitrogens is 2. The minimum Gasteiger partial charge on any atom is -0.450 e. The SMILES string of the molecule is CCOC(=O)N1CCCC(N2CCC(c3nc(C)cn3C)CC2)CC1. The summed E-state index contributed by atoms with van der Waals surface area (Å²) in [5, 5.41) is 0. The number of rotatable bonds is 3. The number of likely N-dealkylation sites (tertiary alicyclic amines) is 2. The van der Waals surface area contributed by atoms with E-state index in [0.29, 0.717) is 18.6 Å². The van der Waals surface area contributed by atoms with E-state index in [4.69, 9.17) is 9.72 Å². The minimum absolute atomic E-state index is 0.146. The third-order valence-corrected chi connectivity index (χ3v) is 5.67. The molecule has 1 unspecified atom stereocenters. The Morgan fingerprint density at radius 1 is 1.20 bits per heavy atom. The molecule has 1 aromatic heterocycles. The zero-order valence-corrected chi connectivity index (χ0v) is 15.9. The largest absolute Gasteiger partial charge is 0.450 e. The zero-order valence-electron chi connectivity index (χ0n) is 15.9. The van der Waals surface area contributed by atoms with Crippen molar-refractivity contribution >= 4 is 6.09 Å². The van der Waals surface area contributed by atoms with Crippen LogP contribution < -0.4 is 0 Å². The number of carbonyl (C=O) groups is 1. The first-order valence-corrected chi connectivity index (χ1v) is 9.74. The van der Waals surface area contributed by atoms with Crippen LogP contribution in [0.3, 0.4) is 0 Å². The van der Waals surface area contributed by atoms with Crippen molar-refractivity contribution in [2.24, 2.45) is 7.05 Å². The summed E-state index contributed by atoms with van der Waals surface area (Å²) in [5.41, 5.74) is 1.11. The molecule has 2 fully saturated rings. The minimum atomic E-state index is -0.146. The molecule has 140 valence electrons. The van der Waals surface area contributed by atoms with Gasteiger partial charge in [0.25, 0.3) is 0 Å². The highest BCUT2D eigenvalue weighted by Crippen LogP contribution is 2.30. The molecule has 0 aliphatic carbocycles. The molecule has 3 heterocycles. The van der Waals surface area contributed by atoms with Crippen LogP contribution >= 0.6 is 0 Å². The van der Waals surface area contributed by atoms with E-state index in [0.717, 1.165) is 44.7 Å². The number of amides is 1. The van der Waals surface area contributed by atoms with Gasteiger partial charge in [-0.2, -0.15) is 0 Å². The highest BCUT2D eigenvalue weighted by atomic mass is 16.6. The first-order valence-electron chi connectivity index (χ1n) is 9.74. The van der Waals surface area contributed by atoms with Gasteiger partial charge >= 0.3 is 6.09 Å². The molecule has 0 aromatic carbocycles. The van der Waals surface area contributed by atoms with Gasteiger partial charge in [0.1, 0.15) is 5.82 Å². The van der Waals surface area contributed by atoms with Crippen LogP contribution in [0.2, 0.25) is 0 Å². The summed E-state index contributed by atoms with van der Waals surface area (Å²) in [4.78, 5) is 21.2. The van der Waals surface area contributed by atoms with Gasteiger partial charge in [-0.3, -0.25) is 0 Å². The smallest absolute Gasteiger partial charge is 0.409 e. The second-order valence-corrected chi connectivity index (χ2v) is 7.43. The molecule has 1 atom stereocenters. The van der Waals surface area contributed by atoms with E-state index in [-0.39, 0.29) is 6.09 Å². The number of piperidine rings is 1. The van der Waals surface area contributed by atoms with Crippen molar-refractivity contribution in [1.82, 2.24) is 19.4 Å². The van der Waals surface area contributed by atoms with Crippen LogP contribution in [0.4, 0.5) is 4.79 Å². The summed E-state index contributed by atoms with van der Waals surface area (Å²) >= 11 is 0. The number of imidazole rings is 1. The fourth-order valence-electron chi connectivity index (χ4n) is 4.38. The van der Waals surface area contributed by atoms with Crippen LogP contribution in [0.5, 0.6) is 0 Å². The predicted molar refractivity (Wildman–Crippen MR) is 97.7 cm³/mol. The maximum Gasteiger partial charge on any atom is 0.409 e. The molecule has 0 saturated carbocycles. The Kier molecular flexibility index (Phi) is 5.99. The Morgan fingerprint density at radius 3 is 2.60 bits per heavy atom. The molecule has 3 rings (SSSR count). The highest BCUT2D eigenvalue weighted by molar-refractivity contribution is 5.67. The highest BCUT2D eigenvalue weighted by Gasteiger charge is 2.30. The molecule has 2 aliphatic heterocycles. The third-order valence-electron chi connectivity index (χ3n) is 5.67.